The third kappa shape index (κ3) is 3.60. The first kappa shape index (κ1) is 19.1. The van der Waals surface area contributed by atoms with E-state index in [9.17, 15) is 9.59 Å². The highest BCUT2D eigenvalue weighted by molar-refractivity contribution is 6.36. The maximum atomic E-state index is 13.3. The van der Waals surface area contributed by atoms with Crippen molar-refractivity contribution in [3.8, 4) is 11.5 Å². The molecule has 2 amide bonds. The molecule has 0 spiro atoms. The molecular formula is C23H16ClN3O4. The maximum Gasteiger partial charge on any atom is 0.278 e. The molecular weight excluding hydrogens is 418 g/mol. The molecule has 0 atom stereocenters. The van der Waals surface area contributed by atoms with E-state index in [1.165, 1.54) is 4.90 Å². The number of rotatable bonds is 5. The number of ether oxygens (including phenoxy) is 2. The van der Waals surface area contributed by atoms with Gasteiger partial charge in [-0.15, -0.1) is 0 Å². The van der Waals surface area contributed by atoms with Crippen molar-refractivity contribution in [2.45, 2.75) is 6.54 Å². The predicted molar refractivity (Wildman–Crippen MR) is 114 cm³/mol. The number of amides is 2. The Labute approximate surface area is 182 Å². The molecule has 31 heavy (non-hydrogen) atoms. The normalized spacial score (nSPS) is 15.1. The average molecular weight is 434 g/mol. The monoisotopic (exact) mass is 433 g/mol. The van der Waals surface area contributed by atoms with Crippen molar-refractivity contribution in [2.24, 2.45) is 0 Å². The lowest BCUT2D eigenvalue weighted by molar-refractivity contribution is -0.137. The molecule has 0 bridgehead atoms. The van der Waals surface area contributed by atoms with E-state index in [4.69, 9.17) is 21.1 Å². The van der Waals surface area contributed by atoms with Crippen molar-refractivity contribution in [2.75, 3.05) is 12.1 Å². The van der Waals surface area contributed by atoms with Gasteiger partial charge in [0, 0.05) is 29.2 Å². The lowest BCUT2D eigenvalue weighted by atomic mass is 10.0. The van der Waals surface area contributed by atoms with E-state index in [1.54, 1.807) is 60.9 Å². The SMILES string of the molecule is O=C1C(Nc2ccc3c(c2)OCO3)=C(c2ccc(Cl)cc2)C(=O)N1Cc1cccnc1. The van der Waals surface area contributed by atoms with E-state index in [0.717, 1.165) is 5.56 Å². The smallest absolute Gasteiger partial charge is 0.278 e. The lowest BCUT2D eigenvalue weighted by Gasteiger charge is -2.15. The van der Waals surface area contributed by atoms with Crippen molar-refractivity contribution in [1.82, 2.24) is 9.88 Å². The Hall–Kier alpha value is -3.84. The van der Waals surface area contributed by atoms with Gasteiger partial charge in [0.25, 0.3) is 11.8 Å². The highest BCUT2D eigenvalue weighted by atomic mass is 35.5. The summed E-state index contributed by atoms with van der Waals surface area (Å²) in [6.07, 6.45) is 3.27. The number of carbonyl (C=O) groups is 2. The Morgan fingerprint density at radius 2 is 1.81 bits per heavy atom. The van der Waals surface area contributed by atoms with Crippen LogP contribution in [0.3, 0.4) is 0 Å². The van der Waals surface area contributed by atoms with Crippen LogP contribution in [-0.4, -0.2) is 28.5 Å². The fraction of sp³-hybridized carbons (Fsp3) is 0.0870. The van der Waals surface area contributed by atoms with Crippen molar-refractivity contribution in [1.29, 1.82) is 0 Å². The molecule has 7 nitrogen and oxygen atoms in total. The van der Waals surface area contributed by atoms with Crippen molar-refractivity contribution in [3.63, 3.8) is 0 Å². The molecule has 2 aromatic carbocycles. The van der Waals surface area contributed by atoms with Crippen LogP contribution in [-0.2, 0) is 16.1 Å². The van der Waals surface area contributed by atoms with Gasteiger partial charge < -0.3 is 14.8 Å². The van der Waals surface area contributed by atoms with E-state index in [0.29, 0.717) is 27.8 Å². The molecule has 0 aliphatic carbocycles. The molecule has 2 aliphatic heterocycles. The number of aromatic nitrogens is 1. The van der Waals surface area contributed by atoms with Crippen LogP contribution in [0.15, 0.2) is 72.7 Å². The molecule has 5 rings (SSSR count). The van der Waals surface area contributed by atoms with E-state index in [2.05, 4.69) is 10.3 Å². The predicted octanol–water partition coefficient (Wildman–Crippen LogP) is 3.86. The Bertz CT molecular complexity index is 1210. The summed E-state index contributed by atoms with van der Waals surface area (Å²) in [5.74, 6) is 0.392. The van der Waals surface area contributed by atoms with Gasteiger partial charge in [-0.2, -0.15) is 0 Å². The van der Waals surface area contributed by atoms with Gasteiger partial charge in [-0.25, -0.2) is 0 Å². The average Bonchev–Trinajstić information content (AvgIpc) is 3.34. The first-order valence-corrected chi connectivity index (χ1v) is 9.90. The van der Waals surface area contributed by atoms with Crippen LogP contribution in [0.5, 0.6) is 11.5 Å². The van der Waals surface area contributed by atoms with Crippen molar-refractivity contribution >= 4 is 34.7 Å². The lowest BCUT2D eigenvalue weighted by Crippen LogP contribution is -2.32. The molecule has 0 unspecified atom stereocenters. The molecule has 1 aromatic heterocycles. The van der Waals surface area contributed by atoms with Gasteiger partial charge in [-0.05, 0) is 41.5 Å². The third-order valence-electron chi connectivity index (χ3n) is 5.01. The molecule has 3 aromatic rings. The molecule has 0 saturated heterocycles. The second-order valence-electron chi connectivity index (χ2n) is 7.01. The van der Waals surface area contributed by atoms with Gasteiger partial charge in [0.05, 0.1) is 12.1 Å². The minimum absolute atomic E-state index is 0.120. The highest BCUT2D eigenvalue weighted by Crippen LogP contribution is 2.37. The zero-order valence-electron chi connectivity index (χ0n) is 16.2. The number of anilines is 1. The first-order valence-electron chi connectivity index (χ1n) is 9.52. The third-order valence-corrected chi connectivity index (χ3v) is 5.26. The number of hydrogen-bond acceptors (Lipinski definition) is 6. The molecule has 2 aliphatic rings. The number of benzene rings is 2. The van der Waals surface area contributed by atoms with Gasteiger partial charge in [-0.1, -0.05) is 29.8 Å². The van der Waals surface area contributed by atoms with Crippen molar-refractivity contribution in [3.05, 3.63) is 88.8 Å². The second-order valence-corrected chi connectivity index (χ2v) is 7.44. The molecule has 8 heteroatoms. The van der Waals surface area contributed by atoms with Crippen LogP contribution >= 0.6 is 11.6 Å². The summed E-state index contributed by atoms with van der Waals surface area (Å²) in [7, 11) is 0. The van der Waals surface area contributed by atoms with Crippen LogP contribution in [0.2, 0.25) is 5.02 Å². The second kappa shape index (κ2) is 7.77. The minimum Gasteiger partial charge on any atom is -0.454 e. The zero-order chi connectivity index (χ0) is 21.4. The Kier molecular flexibility index (Phi) is 4.80. The number of nitrogens with zero attached hydrogens (tertiary/aromatic N) is 2. The largest absolute Gasteiger partial charge is 0.454 e. The quantitative estimate of drug-likeness (QED) is 0.615. The molecule has 3 heterocycles. The van der Waals surface area contributed by atoms with Crippen LogP contribution in [0, 0.1) is 0 Å². The number of fused-ring (bicyclic) bond motifs is 1. The Morgan fingerprint density at radius 1 is 1.00 bits per heavy atom. The zero-order valence-corrected chi connectivity index (χ0v) is 16.9. The number of carbonyl (C=O) groups excluding carboxylic acids is 2. The van der Waals surface area contributed by atoms with Gasteiger partial charge in [0.2, 0.25) is 6.79 Å². The summed E-state index contributed by atoms with van der Waals surface area (Å²) in [4.78, 5) is 31.9. The van der Waals surface area contributed by atoms with Gasteiger partial charge in [0.1, 0.15) is 5.70 Å². The van der Waals surface area contributed by atoms with Crippen LogP contribution < -0.4 is 14.8 Å². The van der Waals surface area contributed by atoms with E-state index >= 15 is 0 Å². The fourth-order valence-corrected chi connectivity index (χ4v) is 3.64. The molecule has 1 N–H and O–H groups in total. The van der Waals surface area contributed by atoms with E-state index < -0.39 is 5.91 Å². The number of imide groups is 1. The first-order chi connectivity index (χ1) is 15.1. The molecule has 0 fully saturated rings. The van der Waals surface area contributed by atoms with Crippen LogP contribution in [0.25, 0.3) is 5.57 Å². The standard InChI is InChI=1S/C23H16ClN3O4/c24-16-5-3-15(4-6-16)20-21(26-17-7-8-18-19(10-17)31-13-30-18)23(29)27(22(20)28)12-14-2-1-9-25-11-14/h1-11,26H,12-13H2. The van der Waals surface area contributed by atoms with E-state index in [-0.39, 0.29) is 30.5 Å². The van der Waals surface area contributed by atoms with Gasteiger partial charge >= 0.3 is 0 Å². The maximum absolute atomic E-state index is 13.3. The topological polar surface area (TPSA) is 80.8 Å². The molecule has 0 radical (unpaired) electrons. The number of nitrogens with one attached hydrogen (secondary N) is 1. The Morgan fingerprint density at radius 3 is 2.58 bits per heavy atom. The van der Waals surface area contributed by atoms with Gasteiger partial charge in [-0.3, -0.25) is 19.5 Å². The van der Waals surface area contributed by atoms with E-state index in [1.807, 2.05) is 6.07 Å². The van der Waals surface area contributed by atoms with Crippen LogP contribution in [0.4, 0.5) is 5.69 Å². The summed E-state index contributed by atoms with van der Waals surface area (Å²) < 4.78 is 10.8. The van der Waals surface area contributed by atoms with Crippen molar-refractivity contribution < 1.29 is 19.1 Å². The van der Waals surface area contributed by atoms with Crippen LogP contribution in [0.1, 0.15) is 11.1 Å². The summed E-state index contributed by atoms with van der Waals surface area (Å²) in [5.41, 5.74) is 2.43. The fourth-order valence-electron chi connectivity index (χ4n) is 3.51. The number of hydrogen-bond donors (Lipinski definition) is 1. The van der Waals surface area contributed by atoms with Gasteiger partial charge in [0.15, 0.2) is 11.5 Å². The summed E-state index contributed by atoms with van der Waals surface area (Å²) in [6.45, 7) is 0.267. The number of halogens is 1. The summed E-state index contributed by atoms with van der Waals surface area (Å²) >= 11 is 6.01. The number of pyridine rings is 1. The molecule has 154 valence electrons. The molecule has 0 saturated carbocycles. The minimum atomic E-state index is -0.420. The summed E-state index contributed by atoms with van der Waals surface area (Å²) in [5, 5.41) is 3.65. The summed E-state index contributed by atoms with van der Waals surface area (Å²) in [6, 6.07) is 15.6. The highest BCUT2D eigenvalue weighted by Gasteiger charge is 2.39. The Balaban J connectivity index is 1.53.